The van der Waals surface area contributed by atoms with Gasteiger partial charge < -0.3 is 10.6 Å². The summed E-state index contributed by atoms with van der Waals surface area (Å²) in [5.74, 6) is 0. The third-order valence-electron chi connectivity index (χ3n) is 2.87. The van der Waals surface area contributed by atoms with Gasteiger partial charge in [-0.25, -0.2) is 0 Å². The normalized spacial score (nSPS) is 11.3. The minimum absolute atomic E-state index is 0.889. The van der Waals surface area contributed by atoms with E-state index >= 15 is 0 Å². The quantitative estimate of drug-likeness (QED) is 0.871. The molecule has 0 bridgehead atoms. The van der Waals surface area contributed by atoms with Crippen LogP contribution in [0.5, 0.6) is 0 Å². The lowest BCUT2D eigenvalue weighted by atomic mass is 10.2. The van der Waals surface area contributed by atoms with Gasteiger partial charge in [-0.15, -0.1) is 0 Å². The molecule has 2 nitrogen and oxygen atoms in total. The second-order valence-corrected chi connectivity index (χ2v) is 4.02. The molecule has 2 aromatic carbocycles. The molecule has 0 radical (unpaired) electrons. The van der Waals surface area contributed by atoms with Crippen LogP contribution >= 0.6 is 0 Å². The van der Waals surface area contributed by atoms with Crippen molar-refractivity contribution in [1.29, 1.82) is 0 Å². The van der Waals surface area contributed by atoms with Crippen LogP contribution in [-0.2, 0) is 0 Å². The molecule has 0 spiro atoms. The van der Waals surface area contributed by atoms with Crippen molar-refractivity contribution in [1.82, 2.24) is 0 Å². The molecule has 18 heavy (non-hydrogen) atoms. The number of nitrogens with zero attached hydrogens (tertiary/aromatic N) is 1. The molecule has 2 heteroatoms. The highest BCUT2D eigenvalue weighted by Gasteiger charge is 2.11. The predicted molar refractivity (Wildman–Crippen MR) is 77.6 cm³/mol. The van der Waals surface area contributed by atoms with Gasteiger partial charge in [-0.05, 0) is 30.7 Å². The summed E-state index contributed by atoms with van der Waals surface area (Å²) in [6.07, 6.45) is 2.57. The van der Waals surface area contributed by atoms with E-state index in [4.69, 9.17) is 5.73 Å². The number of hydrogen-bond donors (Lipinski definition) is 1. The molecule has 0 aliphatic heterocycles. The number of nitrogens with two attached hydrogens (primary N) is 1. The number of hydrogen-bond acceptors (Lipinski definition) is 2. The zero-order chi connectivity index (χ0) is 12.8. The van der Waals surface area contributed by atoms with Crippen LogP contribution in [0.1, 0.15) is 13.3 Å². The Hall–Kier alpha value is -2.22. The summed E-state index contributed by atoms with van der Waals surface area (Å²) in [6.45, 7) is 2.11. The molecule has 0 saturated heterocycles. The Morgan fingerprint density at radius 2 is 1.39 bits per heavy atom. The summed E-state index contributed by atoms with van der Waals surface area (Å²) in [4.78, 5) is 2.18. The minimum atomic E-state index is 0.889. The Kier molecular flexibility index (Phi) is 4.02. The fourth-order valence-corrected chi connectivity index (χ4v) is 1.99. The first kappa shape index (κ1) is 12.2. The standard InChI is InChI=1S/C16H18N2/c1-2-14(13-17)18(15-9-5-3-6-10-15)16-11-7-4-8-12-16/h3-13H,2,17H2,1H3/b14-13+. The number of anilines is 2. The summed E-state index contributed by atoms with van der Waals surface area (Å²) in [5.41, 5.74) is 9.10. The first-order chi connectivity index (χ1) is 8.86. The highest BCUT2D eigenvalue weighted by Crippen LogP contribution is 2.30. The second-order valence-electron chi connectivity index (χ2n) is 4.02. The topological polar surface area (TPSA) is 29.3 Å². The molecule has 2 rings (SSSR count). The van der Waals surface area contributed by atoms with E-state index < -0.39 is 0 Å². The van der Waals surface area contributed by atoms with Crippen molar-refractivity contribution in [2.24, 2.45) is 5.73 Å². The molecule has 92 valence electrons. The van der Waals surface area contributed by atoms with Crippen molar-refractivity contribution in [2.75, 3.05) is 4.90 Å². The Labute approximate surface area is 108 Å². The Morgan fingerprint density at radius 3 is 1.72 bits per heavy atom. The van der Waals surface area contributed by atoms with Crippen LogP contribution in [0.3, 0.4) is 0 Å². The van der Waals surface area contributed by atoms with E-state index in [-0.39, 0.29) is 0 Å². The SMILES string of the molecule is CC/C(=C\N)N(c1ccccc1)c1ccccc1. The summed E-state index contributed by atoms with van der Waals surface area (Å²) in [6, 6.07) is 20.5. The van der Waals surface area contributed by atoms with Crippen molar-refractivity contribution in [3.05, 3.63) is 72.6 Å². The largest absolute Gasteiger partial charge is 0.403 e. The van der Waals surface area contributed by atoms with Gasteiger partial charge in [-0.2, -0.15) is 0 Å². The molecule has 0 saturated carbocycles. The lowest BCUT2D eigenvalue weighted by molar-refractivity contribution is 1.00. The first-order valence-electron chi connectivity index (χ1n) is 6.17. The lowest BCUT2D eigenvalue weighted by Crippen LogP contribution is -2.17. The summed E-state index contributed by atoms with van der Waals surface area (Å²) in [7, 11) is 0. The van der Waals surface area contributed by atoms with Crippen molar-refractivity contribution in [3.8, 4) is 0 Å². The minimum Gasteiger partial charge on any atom is -0.403 e. The number of allylic oxidation sites excluding steroid dienone is 1. The zero-order valence-corrected chi connectivity index (χ0v) is 10.6. The van der Waals surface area contributed by atoms with Gasteiger partial charge in [0, 0.05) is 23.3 Å². The zero-order valence-electron chi connectivity index (χ0n) is 10.6. The van der Waals surface area contributed by atoms with Crippen molar-refractivity contribution in [2.45, 2.75) is 13.3 Å². The Bertz CT molecular complexity index is 464. The van der Waals surface area contributed by atoms with E-state index in [1.54, 1.807) is 6.20 Å². The van der Waals surface area contributed by atoms with E-state index in [1.807, 2.05) is 36.4 Å². The van der Waals surface area contributed by atoms with Gasteiger partial charge in [-0.3, -0.25) is 0 Å². The molecule has 0 aliphatic rings. The van der Waals surface area contributed by atoms with E-state index in [2.05, 4.69) is 36.1 Å². The third kappa shape index (κ3) is 2.54. The molecular weight excluding hydrogens is 220 g/mol. The van der Waals surface area contributed by atoms with Crippen LogP contribution in [0, 0.1) is 0 Å². The smallest absolute Gasteiger partial charge is 0.0459 e. The van der Waals surface area contributed by atoms with E-state index in [9.17, 15) is 0 Å². The predicted octanol–water partition coefficient (Wildman–Crippen LogP) is 4.03. The molecular formula is C16H18N2. The van der Waals surface area contributed by atoms with Gasteiger partial charge in [0.1, 0.15) is 0 Å². The Balaban J connectivity index is 2.48. The maximum atomic E-state index is 5.76. The van der Waals surface area contributed by atoms with Crippen molar-refractivity contribution < 1.29 is 0 Å². The fourth-order valence-electron chi connectivity index (χ4n) is 1.99. The number of para-hydroxylation sites is 2. The summed E-state index contributed by atoms with van der Waals surface area (Å²) in [5, 5.41) is 0. The van der Waals surface area contributed by atoms with Gasteiger partial charge >= 0.3 is 0 Å². The van der Waals surface area contributed by atoms with Crippen LogP contribution in [0.15, 0.2) is 72.6 Å². The Morgan fingerprint density at radius 1 is 0.944 bits per heavy atom. The molecule has 0 heterocycles. The van der Waals surface area contributed by atoms with Crippen LogP contribution in [0.25, 0.3) is 0 Å². The van der Waals surface area contributed by atoms with E-state index in [0.29, 0.717) is 0 Å². The number of rotatable bonds is 4. The summed E-state index contributed by atoms with van der Waals surface area (Å²) < 4.78 is 0. The molecule has 0 aromatic heterocycles. The maximum absolute atomic E-state index is 5.76. The monoisotopic (exact) mass is 238 g/mol. The van der Waals surface area contributed by atoms with Gasteiger partial charge in [0.05, 0.1) is 0 Å². The lowest BCUT2D eigenvalue weighted by Gasteiger charge is -2.26. The van der Waals surface area contributed by atoms with Gasteiger partial charge in [0.2, 0.25) is 0 Å². The van der Waals surface area contributed by atoms with Crippen LogP contribution in [0.2, 0.25) is 0 Å². The average Bonchev–Trinajstić information content (AvgIpc) is 2.46. The van der Waals surface area contributed by atoms with Crippen LogP contribution in [0.4, 0.5) is 11.4 Å². The molecule has 0 fully saturated rings. The maximum Gasteiger partial charge on any atom is 0.0459 e. The third-order valence-corrected chi connectivity index (χ3v) is 2.87. The highest BCUT2D eigenvalue weighted by atomic mass is 15.1. The van der Waals surface area contributed by atoms with E-state index in [0.717, 1.165) is 23.5 Å². The van der Waals surface area contributed by atoms with E-state index in [1.165, 1.54) is 0 Å². The second kappa shape index (κ2) is 5.92. The molecule has 0 atom stereocenters. The molecule has 2 aromatic rings. The van der Waals surface area contributed by atoms with Crippen molar-refractivity contribution in [3.63, 3.8) is 0 Å². The molecule has 0 aliphatic carbocycles. The van der Waals surface area contributed by atoms with Gasteiger partial charge in [0.15, 0.2) is 0 Å². The number of benzene rings is 2. The fraction of sp³-hybridized carbons (Fsp3) is 0.125. The molecule has 2 N–H and O–H groups in total. The average molecular weight is 238 g/mol. The molecule has 0 amide bonds. The highest BCUT2D eigenvalue weighted by molar-refractivity contribution is 5.67. The molecule has 0 unspecified atom stereocenters. The van der Waals surface area contributed by atoms with Crippen LogP contribution in [-0.4, -0.2) is 0 Å². The van der Waals surface area contributed by atoms with Gasteiger partial charge in [-0.1, -0.05) is 43.3 Å². The summed E-state index contributed by atoms with van der Waals surface area (Å²) >= 11 is 0. The van der Waals surface area contributed by atoms with Crippen LogP contribution < -0.4 is 10.6 Å². The first-order valence-corrected chi connectivity index (χ1v) is 6.17. The van der Waals surface area contributed by atoms with Gasteiger partial charge in [0.25, 0.3) is 0 Å². The van der Waals surface area contributed by atoms with Crippen molar-refractivity contribution >= 4 is 11.4 Å².